The molecule has 0 bridgehead atoms. The number of alkyl halides is 6. The highest BCUT2D eigenvalue weighted by Gasteiger charge is 2.41. The number of amides is 1. The number of halogens is 6. The molecule has 0 saturated carbocycles. The minimum absolute atomic E-state index is 0.0528. The van der Waals surface area contributed by atoms with E-state index in [0.717, 1.165) is 43.5 Å². The monoisotopic (exact) mass is 564 g/mol. The van der Waals surface area contributed by atoms with Crippen molar-refractivity contribution in [3.63, 3.8) is 0 Å². The summed E-state index contributed by atoms with van der Waals surface area (Å²) < 4.78 is 81.2. The molecule has 1 amide bonds. The van der Waals surface area contributed by atoms with Gasteiger partial charge in [0.1, 0.15) is 0 Å². The molecule has 0 spiro atoms. The average Bonchev–Trinajstić information content (AvgIpc) is 2.91. The van der Waals surface area contributed by atoms with Crippen molar-refractivity contribution in [2.45, 2.75) is 57.8 Å². The Morgan fingerprint density at radius 3 is 1.98 bits per heavy atom. The van der Waals surface area contributed by atoms with Crippen molar-refractivity contribution in [3.05, 3.63) is 70.9 Å². The number of aromatic nitrogens is 2. The summed E-state index contributed by atoms with van der Waals surface area (Å²) in [6.45, 7) is 6.06. The Morgan fingerprint density at radius 2 is 1.43 bits per heavy atom. The molecule has 2 aromatic carbocycles. The van der Waals surface area contributed by atoms with Crippen LogP contribution in [0.15, 0.2) is 48.7 Å². The SMILES string of the molecule is Cc1ccccc1-c1nc(N2CCCCC2)ncc1N(C)C(=O)C(C)(C)c1cc(C(F)(F)F)cc(C(F)(F)F)c1. The number of benzene rings is 2. The Morgan fingerprint density at radius 1 is 0.875 bits per heavy atom. The summed E-state index contributed by atoms with van der Waals surface area (Å²) in [6, 6.07) is 8.65. The third kappa shape index (κ3) is 5.93. The van der Waals surface area contributed by atoms with E-state index < -0.39 is 40.4 Å². The van der Waals surface area contributed by atoms with Gasteiger partial charge in [-0.05, 0) is 69.4 Å². The van der Waals surface area contributed by atoms with Crippen molar-refractivity contribution >= 4 is 17.5 Å². The van der Waals surface area contributed by atoms with E-state index in [1.54, 1.807) is 0 Å². The second kappa shape index (κ2) is 10.7. The molecule has 2 heterocycles. The van der Waals surface area contributed by atoms with Gasteiger partial charge in [-0.15, -0.1) is 0 Å². The number of carbonyl (C=O) groups excluding carboxylic acids is 1. The van der Waals surface area contributed by atoms with Crippen molar-refractivity contribution in [2.75, 3.05) is 29.9 Å². The average molecular weight is 565 g/mol. The Hall–Kier alpha value is -3.63. The molecule has 0 N–H and O–H groups in total. The largest absolute Gasteiger partial charge is 0.416 e. The van der Waals surface area contributed by atoms with Gasteiger partial charge in [-0.3, -0.25) is 4.79 Å². The smallest absolute Gasteiger partial charge is 0.341 e. The van der Waals surface area contributed by atoms with E-state index in [-0.39, 0.29) is 11.8 Å². The van der Waals surface area contributed by atoms with Crippen LogP contribution in [0.1, 0.15) is 55.4 Å². The van der Waals surface area contributed by atoms with Gasteiger partial charge in [-0.25, -0.2) is 9.97 Å². The lowest BCUT2D eigenvalue weighted by Gasteiger charge is -2.32. The molecule has 1 fully saturated rings. The highest BCUT2D eigenvalue weighted by atomic mass is 19.4. The summed E-state index contributed by atoms with van der Waals surface area (Å²) in [7, 11) is 1.42. The van der Waals surface area contributed by atoms with Crippen LogP contribution in [0.25, 0.3) is 11.3 Å². The van der Waals surface area contributed by atoms with Crippen LogP contribution in [0.4, 0.5) is 38.0 Å². The second-order valence-electron chi connectivity index (χ2n) is 10.6. The summed E-state index contributed by atoms with van der Waals surface area (Å²) >= 11 is 0. The first-order valence-corrected chi connectivity index (χ1v) is 12.9. The Labute approximate surface area is 228 Å². The number of aryl methyl sites for hydroxylation is 1. The zero-order chi connectivity index (χ0) is 29.5. The molecule has 1 aliphatic rings. The number of nitrogens with zero attached hydrogens (tertiary/aromatic N) is 4. The van der Waals surface area contributed by atoms with Crippen LogP contribution >= 0.6 is 0 Å². The summed E-state index contributed by atoms with van der Waals surface area (Å²) in [6.07, 6.45) is -5.48. The fourth-order valence-corrected chi connectivity index (χ4v) is 4.86. The van der Waals surface area contributed by atoms with E-state index in [4.69, 9.17) is 4.98 Å². The van der Waals surface area contributed by atoms with E-state index in [1.807, 2.05) is 31.2 Å². The maximum atomic E-state index is 13.8. The second-order valence-corrected chi connectivity index (χ2v) is 10.6. The Bertz CT molecular complexity index is 1360. The number of hydrogen-bond acceptors (Lipinski definition) is 4. The molecular formula is C29H30F6N4O. The number of likely N-dealkylation sites (N-methyl/N-ethyl adjacent to an activating group) is 1. The van der Waals surface area contributed by atoms with Gasteiger partial charge in [-0.1, -0.05) is 24.3 Å². The van der Waals surface area contributed by atoms with Crippen molar-refractivity contribution < 1.29 is 31.1 Å². The van der Waals surface area contributed by atoms with E-state index in [0.29, 0.717) is 23.8 Å². The molecule has 0 atom stereocenters. The molecule has 214 valence electrons. The highest BCUT2D eigenvalue weighted by molar-refractivity contribution is 6.02. The van der Waals surface area contributed by atoms with Gasteiger partial charge in [-0.2, -0.15) is 26.3 Å². The molecule has 4 rings (SSSR count). The van der Waals surface area contributed by atoms with Crippen molar-refractivity contribution in [2.24, 2.45) is 0 Å². The molecule has 1 aliphatic heterocycles. The van der Waals surface area contributed by atoms with Gasteiger partial charge in [0, 0.05) is 25.7 Å². The van der Waals surface area contributed by atoms with Crippen LogP contribution in [0, 0.1) is 6.92 Å². The van der Waals surface area contributed by atoms with Crippen LogP contribution in [-0.2, 0) is 22.6 Å². The zero-order valence-electron chi connectivity index (χ0n) is 22.6. The summed E-state index contributed by atoms with van der Waals surface area (Å²) in [4.78, 5) is 26.4. The van der Waals surface area contributed by atoms with E-state index in [9.17, 15) is 31.1 Å². The molecule has 0 unspecified atom stereocenters. The lowest BCUT2D eigenvalue weighted by atomic mass is 9.81. The third-order valence-electron chi connectivity index (χ3n) is 7.31. The third-order valence-corrected chi connectivity index (χ3v) is 7.31. The minimum Gasteiger partial charge on any atom is -0.341 e. The normalized spacial score (nSPS) is 14.8. The molecule has 1 aromatic heterocycles. The quantitative estimate of drug-likeness (QED) is 0.303. The zero-order valence-corrected chi connectivity index (χ0v) is 22.6. The molecular weight excluding hydrogens is 534 g/mol. The fourth-order valence-electron chi connectivity index (χ4n) is 4.86. The van der Waals surface area contributed by atoms with Gasteiger partial charge in [0.15, 0.2) is 0 Å². The lowest BCUT2D eigenvalue weighted by molar-refractivity contribution is -0.143. The van der Waals surface area contributed by atoms with Gasteiger partial charge < -0.3 is 9.80 Å². The maximum absolute atomic E-state index is 13.8. The summed E-state index contributed by atoms with van der Waals surface area (Å²) in [5, 5.41) is 0. The van der Waals surface area contributed by atoms with Crippen LogP contribution in [0.3, 0.4) is 0 Å². The Kier molecular flexibility index (Phi) is 7.88. The van der Waals surface area contributed by atoms with E-state index in [2.05, 4.69) is 9.88 Å². The van der Waals surface area contributed by atoms with Crippen molar-refractivity contribution in [1.29, 1.82) is 0 Å². The van der Waals surface area contributed by atoms with Crippen molar-refractivity contribution in [3.8, 4) is 11.3 Å². The molecule has 40 heavy (non-hydrogen) atoms. The molecule has 5 nitrogen and oxygen atoms in total. The first-order chi connectivity index (χ1) is 18.6. The van der Waals surface area contributed by atoms with E-state index in [1.165, 1.54) is 32.0 Å². The van der Waals surface area contributed by atoms with Gasteiger partial charge in [0.2, 0.25) is 11.9 Å². The molecule has 3 aromatic rings. The predicted molar refractivity (Wildman–Crippen MR) is 141 cm³/mol. The van der Waals surface area contributed by atoms with Gasteiger partial charge >= 0.3 is 12.4 Å². The molecule has 1 saturated heterocycles. The maximum Gasteiger partial charge on any atom is 0.416 e. The minimum atomic E-state index is -5.03. The van der Waals surface area contributed by atoms with Crippen LogP contribution in [0.5, 0.6) is 0 Å². The van der Waals surface area contributed by atoms with E-state index >= 15 is 0 Å². The number of carbonyl (C=O) groups is 1. The fraction of sp³-hybridized carbons (Fsp3) is 0.414. The molecule has 11 heteroatoms. The standard InChI is InChI=1S/C29H30F6N4O/c1-18-10-6-7-11-22(18)24-23(17-36-26(37-24)39-12-8-5-9-13-39)38(4)25(40)27(2,3)19-14-20(28(30,31)32)16-21(15-19)29(33,34)35/h6-7,10-11,14-17H,5,8-9,12-13H2,1-4H3. The summed E-state index contributed by atoms with van der Waals surface area (Å²) in [5.41, 5.74) is -2.78. The number of piperidine rings is 1. The topological polar surface area (TPSA) is 49.3 Å². The predicted octanol–water partition coefficient (Wildman–Crippen LogP) is 7.42. The number of hydrogen-bond donors (Lipinski definition) is 0. The van der Waals surface area contributed by atoms with Crippen LogP contribution in [-0.4, -0.2) is 36.0 Å². The highest BCUT2D eigenvalue weighted by Crippen LogP contribution is 2.40. The number of rotatable bonds is 5. The first-order valence-electron chi connectivity index (χ1n) is 12.9. The van der Waals surface area contributed by atoms with Crippen LogP contribution < -0.4 is 9.80 Å². The van der Waals surface area contributed by atoms with Gasteiger partial charge in [0.05, 0.1) is 34.1 Å². The van der Waals surface area contributed by atoms with Crippen molar-refractivity contribution in [1.82, 2.24) is 9.97 Å². The first kappa shape index (κ1) is 29.4. The van der Waals surface area contributed by atoms with Gasteiger partial charge in [0.25, 0.3) is 0 Å². The Balaban J connectivity index is 1.80. The molecule has 0 aliphatic carbocycles. The lowest BCUT2D eigenvalue weighted by Crippen LogP contribution is -2.42. The van der Waals surface area contributed by atoms with Crippen LogP contribution in [0.2, 0.25) is 0 Å². The summed E-state index contributed by atoms with van der Waals surface area (Å²) in [5.74, 6) is -0.224. The molecule has 0 radical (unpaired) electrons. The number of anilines is 2.